The van der Waals surface area contributed by atoms with Crippen LogP contribution in [-0.2, 0) is 11.3 Å². The minimum absolute atomic E-state index is 0.105. The van der Waals surface area contributed by atoms with E-state index in [1.165, 1.54) is 0 Å². The van der Waals surface area contributed by atoms with Gasteiger partial charge < -0.3 is 10.2 Å². The van der Waals surface area contributed by atoms with Gasteiger partial charge in [0.15, 0.2) is 5.65 Å². The van der Waals surface area contributed by atoms with E-state index in [-0.39, 0.29) is 11.9 Å². The topological polar surface area (TPSA) is 80.4 Å². The van der Waals surface area contributed by atoms with Crippen LogP contribution in [0, 0.1) is 13.8 Å². The molecule has 4 rings (SSSR count). The highest BCUT2D eigenvalue weighted by atomic mass is 16.2. The summed E-state index contributed by atoms with van der Waals surface area (Å²) in [7, 11) is 0. The number of nitrogens with zero attached hydrogens (tertiary/aromatic N) is 6. The first-order valence-corrected chi connectivity index (χ1v) is 8.44. The van der Waals surface area contributed by atoms with Crippen molar-refractivity contribution in [1.29, 1.82) is 0 Å². The lowest BCUT2D eigenvalue weighted by molar-refractivity contribution is -0.131. The molecule has 0 bridgehead atoms. The van der Waals surface area contributed by atoms with Crippen molar-refractivity contribution in [2.75, 3.05) is 18.4 Å². The Hall–Kier alpha value is -2.90. The van der Waals surface area contributed by atoms with Gasteiger partial charge in [0.1, 0.15) is 12.4 Å². The molecule has 8 heteroatoms. The Kier molecular flexibility index (Phi) is 3.87. The number of anilines is 1. The molecule has 1 aliphatic heterocycles. The molecule has 1 aliphatic rings. The van der Waals surface area contributed by atoms with Crippen LogP contribution in [0.4, 0.5) is 5.82 Å². The van der Waals surface area contributed by atoms with Crippen LogP contribution in [0.5, 0.6) is 0 Å². The predicted octanol–water partition coefficient (Wildman–Crippen LogP) is 1.26. The van der Waals surface area contributed by atoms with Crippen molar-refractivity contribution in [3.63, 3.8) is 0 Å². The molecule has 130 valence electrons. The molecule has 1 unspecified atom stereocenters. The second-order valence-electron chi connectivity index (χ2n) is 6.50. The van der Waals surface area contributed by atoms with Gasteiger partial charge in [-0.15, -0.1) is 5.10 Å². The molecular formula is C17H21N7O. The summed E-state index contributed by atoms with van der Waals surface area (Å²) in [5.74, 6) is 0.900. The van der Waals surface area contributed by atoms with Crippen LogP contribution >= 0.6 is 0 Å². The maximum Gasteiger partial charge on any atom is 0.244 e. The number of aromatic nitrogens is 5. The molecule has 1 amide bonds. The predicted molar refractivity (Wildman–Crippen MR) is 93.3 cm³/mol. The average molecular weight is 339 g/mol. The molecule has 0 aromatic carbocycles. The lowest BCUT2D eigenvalue weighted by Gasteiger charge is -2.18. The number of nitrogens with one attached hydrogen (secondary N) is 1. The van der Waals surface area contributed by atoms with Crippen LogP contribution < -0.4 is 5.32 Å². The number of imidazole rings is 1. The fourth-order valence-corrected chi connectivity index (χ4v) is 3.27. The molecule has 1 N–H and O–H groups in total. The summed E-state index contributed by atoms with van der Waals surface area (Å²) in [5.41, 5.74) is 2.77. The van der Waals surface area contributed by atoms with Crippen molar-refractivity contribution < 1.29 is 4.79 Å². The minimum Gasteiger partial charge on any atom is -0.364 e. The molecule has 1 fully saturated rings. The summed E-state index contributed by atoms with van der Waals surface area (Å²) in [6.45, 7) is 5.64. The van der Waals surface area contributed by atoms with Gasteiger partial charge in [-0.25, -0.2) is 9.50 Å². The number of hydrogen-bond acceptors (Lipinski definition) is 5. The molecule has 0 aliphatic carbocycles. The Bertz CT molecular complexity index is 913. The minimum atomic E-state index is 0.105. The Morgan fingerprint density at radius 2 is 2.20 bits per heavy atom. The molecule has 0 spiro atoms. The van der Waals surface area contributed by atoms with E-state index in [1.54, 1.807) is 15.4 Å². The van der Waals surface area contributed by atoms with Crippen LogP contribution in [0.15, 0.2) is 30.6 Å². The summed E-state index contributed by atoms with van der Waals surface area (Å²) in [4.78, 5) is 18.6. The number of fused-ring (bicyclic) bond motifs is 1. The first-order chi connectivity index (χ1) is 12.1. The van der Waals surface area contributed by atoms with E-state index in [0.29, 0.717) is 13.1 Å². The van der Waals surface area contributed by atoms with E-state index in [1.807, 2.05) is 43.1 Å². The molecule has 3 aromatic heterocycles. The number of likely N-dealkylation sites (tertiary alicyclic amines) is 1. The van der Waals surface area contributed by atoms with Gasteiger partial charge in [-0.1, -0.05) is 0 Å². The highest BCUT2D eigenvalue weighted by Crippen LogP contribution is 2.15. The van der Waals surface area contributed by atoms with Gasteiger partial charge in [0.2, 0.25) is 5.91 Å². The Morgan fingerprint density at radius 3 is 3.00 bits per heavy atom. The van der Waals surface area contributed by atoms with Crippen LogP contribution in [0.2, 0.25) is 0 Å². The van der Waals surface area contributed by atoms with Crippen LogP contribution in [0.25, 0.3) is 5.65 Å². The molecule has 0 radical (unpaired) electrons. The van der Waals surface area contributed by atoms with E-state index in [9.17, 15) is 4.79 Å². The van der Waals surface area contributed by atoms with Crippen molar-refractivity contribution in [3.8, 4) is 0 Å². The third-order valence-corrected chi connectivity index (χ3v) is 4.54. The molecule has 3 aromatic rings. The number of carbonyl (C=O) groups is 1. The summed E-state index contributed by atoms with van der Waals surface area (Å²) in [6.07, 6.45) is 4.45. The zero-order valence-corrected chi connectivity index (χ0v) is 14.4. The van der Waals surface area contributed by atoms with Gasteiger partial charge in [-0.3, -0.25) is 9.48 Å². The van der Waals surface area contributed by atoms with Crippen LogP contribution in [0.3, 0.4) is 0 Å². The highest BCUT2D eigenvalue weighted by molar-refractivity contribution is 5.76. The fourth-order valence-electron chi connectivity index (χ4n) is 3.27. The number of aryl methyl sites for hydroxylation is 2. The van der Waals surface area contributed by atoms with Gasteiger partial charge in [-0.2, -0.15) is 5.10 Å². The van der Waals surface area contributed by atoms with Gasteiger partial charge in [0.25, 0.3) is 0 Å². The molecule has 25 heavy (non-hydrogen) atoms. The van der Waals surface area contributed by atoms with Gasteiger partial charge in [0, 0.05) is 37.2 Å². The van der Waals surface area contributed by atoms with Gasteiger partial charge >= 0.3 is 0 Å². The lowest BCUT2D eigenvalue weighted by Crippen LogP contribution is -2.34. The summed E-state index contributed by atoms with van der Waals surface area (Å²) < 4.78 is 3.51. The van der Waals surface area contributed by atoms with E-state index in [2.05, 4.69) is 20.5 Å². The SMILES string of the molecule is Cc1cc(C)n(CC(=O)N2CCC(Nc3ccc4nccn4n3)C2)n1. The van der Waals surface area contributed by atoms with Crippen molar-refractivity contribution in [1.82, 2.24) is 29.3 Å². The second-order valence-corrected chi connectivity index (χ2v) is 6.50. The van der Waals surface area contributed by atoms with Gasteiger partial charge in [-0.05, 0) is 38.5 Å². The number of rotatable bonds is 4. The lowest BCUT2D eigenvalue weighted by atomic mass is 10.2. The first-order valence-electron chi connectivity index (χ1n) is 8.44. The van der Waals surface area contributed by atoms with E-state index >= 15 is 0 Å². The number of amides is 1. The third-order valence-electron chi connectivity index (χ3n) is 4.54. The summed E-state index contributed by atoms with van der Waals surface area (Å²) >= 11 is 0. The Labute approximate surface area is 145 Å². The quantitative estimate of drug-likeness (QED) is 0.774. The van der Waals surface area contributed by atoms with E-state index in [0.717, 1.165) is 35.8 Å². The van der Waals surface area contributed by atoms with Crippen molar-refractivity contribution in [2.24, 2.45) is 0 Å². The zero-order chi connectivity index (χ0) is 17.4. The van der Waals surface area contributed by atoms with Crippen molar-refractivity contribution in [3.05, 3.63) is 42.0 Å². The largest absolute Gasteiger partial charge is 0.364 e. The number of hydrogen-bond donors (Lipinski definition) is 1. The molecule has 1 atom stereocenters. The average Bonchev–Trinajstić information content (AvgIpc) is 3.28. The smallest absolute Gasteiger partial charge is 0.244 e. The third kappa shape index (κ3) is 3.19. The van der Waals surface area contributed by atoms with Crippen molar-refractivity contribution in [2.45, 2.75) is 32.9 Å². The molecule has 8 nitrogen and oxygen atoms in total. The maximum absolute atomic E-state index is 12.5. The monoisotopic (exact) mass is 339 g/mol. The summed E-state index contributed by atoms with van der Waals surface area (Å²) in [6, 6.07) is 6.04. The maximum atomic E-state index is 12.5. The Balaban J connectivity index is 1.37. The molecule has 1 saturated heterocycles. The van der Waals surface area contributed by atoms with E-state index < -0.39 is 0 Å². The van der Waals surface area contributed by atoms with Crippen LogP contribution in [-0.4, -0.2) is 54.3 Å². The number of carbonyl (C=O) groups excluding carboxylic acids is 1. The zero-order valence-electron chi connectivity index (χ0n) is 14.4. The Morgan fingerprint density at radius 1 is 1.32 bits per heavy atom. The highest BCUT2D eigenvalue weighted by Gasteiger charge is 2.26. The van der Waals surface area contributed by atoms with Crippen LogP contribution in [0.1, 0.15) is 17.8 Å². The normalized spacial score (nSPS) is 17.4. The molecular weight excluding hydrogens is 318 g/mol. The molecule has 0 saturated carbocycles. The summed E-state index contributed by atoms with van der Waals surface area (Å²) in [5, 5.41) is 12.3. The fraction of sp³-hybridized carbons (Fsp3) is 0.412. The first kappa shape index (κ1) is 15.6. The standard InChI is InChI=1S/C17H21N7O/c1-12-9-13(2)24(20-12)11-17(25)22-7-5-14(10-22)19-15-3-4-16-18-6-8-23(16)21-15/h3-4,6,8-9,14H,5,7,10-11H2,1-2H3,(H,19,21). The van der Waals surface area contributed by atoms with Gasteiger partial charge in [0.05, 0.1) is 5.69 Å². The van der Waals surface area contributed by atoms with Crippen molar-refractivity contribution >= 4 is 17.4 Å². The molecule has 4 heterocycles. The second kappa shape index (κ2) is 6.19. The van der Waals surface area contributed by atoms with E-state index in [4.69, 9.17) is 0 Å².